The second kappa shape index (κ2) is 6.58. The molecule has 0 spiro atoms. The van der Waals surface area contributed by atoms with Crippen molar-refractivity contribution in [2.24, 2.45) is 7.05 Å². The highest BCUT2D eigenvalue weighted by molar-refractivity contribution is 5.97. The Balaban J connectivity index is 1.98. The summed E-state index contributed by atoms with van der Waals surface area (Å²) in [5, 5.41) is 0. The summed E-state index contributed by atoms with van der Waals surface area (Å²) < 4.78 is 2.27. The molecule has 0 bridgehead atoms. The lowest BCUT2D eigenvalue weighted by atomic mass is 10.1. The second-order valence-corrected chi connectivity index (χ2v) is 6.44. The van der Waals surface area contributed by atoms with Crippen LogP contribution in [-0.4, -0.2) is 34.7 Å². The third kappa shape index (κ3) is 3.09. The number of amides is 1. The first kappa shape index (κ1) is 17.0. The molecule has 0 saturated carbocycles. The zero-order chi connectivity index (χ0) is 18.1. The smallest absolute Gasteiger partial charge is 0.331 e. The van der Waals surface area contributed by atoms with Gasteiger partial charge in [-0.1, -0.05) is 12.1 Å². The lowest BCUT2D eigenvalue weighted by molar-refractivity contribution is -0.119. The van der Waals surface area contributed by atoms with Crippen molar-refractivity contribution in [2.75, 3.05) is 23.4 Å². The molecule has 0 saturated heterocycles. The van der Waals surface area contributed by atoms with Gasteiger partial charge < -0.3 is 9.80 Å². The minimum atomic E-state index is -0.492. The molecule has 0 N–H and O–H groups in total. The molecule has 1 aromatic carbocycles. The number of para-hydroxylation sites is 2. The van der Waals surface area contributed by atoms with E-state index in [9.17, 15) is 14.4 Å². The van der Waals surface area contributed by atoms with E-state index in [1.54, 1.807) is 4.90 Å². The van der Waals surface area contributed by atoms with Crippen LogP contribution in [0.2, 0.25) is 0 Å². The maximum atomic E-state index is 13.0. The van der Waals surface area contributed by atoms with E-state index >= 15 is 0 Å². The van der Waals surface area contributed by atoms with Crippen LogP contribution >= 0.6 is 0 Å². The first-order valence-corrected chi connectivity index (χ1v) is 8.29. The Bertz CT molecular complexity index is 915. The lowest BCUT2D eigenvalue weighted by Gasteiger charge is -2.29. The molecule has 25 heavy (non-hydrogen) atoms. The van der Waals surface area contributed by atoms with Gasteiger partial charge in [0.25, 0.3) is 5.56 Å². The molecule has 2 aromatic rings. The Kier molecular flexibility index (Phi) is 4.48. The molecule has 0 fully saturated rings. The minimum absolute atomic E-state index is 0.0156. The van der Waals surface area contributed by atoms with Gasteiger partial charge in [-0.2, -0.15) is 0 Å². The first-order chi connectivity index (χ1) is 11.9. The molecule has 1 aliphatic heterocycles. The molecule has 2 heterocycles. The molecule has 0 unspecified atom stereocenters. The van der Waals surface area contributed by atoms with Crippen LogP contribution in [0.15, 0.2) is 46.1 Å². The van der Waals surface area contributed by atoms with Gasteiger partial charge in [0.1, 0.15) is 6.54 Å². The Hall–Kier alpha value is -2.83. The van der Waals surface area contributed by atoms with Crippen molar-refractivity contribution in [3.63, 3.8) is 0 Å². The summed E-state index contributed by atoms with van der Waals surface area (Å²) >= 11 is 0. The predicted molar refractivity (Wildman–Crippen MR) is 97.2 cm³/mol. The third-order valence-electron chi connectivity index (χ3n) is 4.71. The van der Waals surface area contributed by atoms with Gasteiger partial charge in [0.2, 0.25) is 5.91 Å². The molecule has 1 aliphatic rings. The average molecular weight is 342 g/mol. The maximum absolute atomic E-state index is 13.0. The number of nitrogens with zero attached hydrogens (tertiary/aromatic N) is 4. The number of benzene rings is 1. The van der Waals surface area contributed by atoms with Gasteiger partial charge >= 0.3 is 5.69 Å². The van der Waals surface area contributed by atoms with Crippen LogP contribution in [0.1, 0.15) is 13.3 Å². The average Bonchev–Trinajstić information content (AvgIpc) is 2.72. The highest BCUT2D eigenvalue weighted by Gasteiger charge is 2.28. The molecule has 1 aromatic heterocycles. The molecule has 7 nitrogen and oxygen atoms in total. The van der Waals surface area contributed by atoms with Gasteiger partial charge in [0.15, 0.2) is 0 Å². The molecule has 132 valence electrons. The van der Waals surface area contributed by atoms with E-state index in [-0.39, 0.29) is 24.1 Å². The zero-order valence-electron chi connectivity index (χ0n) is 14.7. The molecular weight excluding hydrogens is 320 g/mol. The van der Waals surface area contributed by atoms with E-state index in [1.807, 2.05) is 38.2 Å². The fourth-order valence-corrected chi connectivity index (χ4v) is 3.20. The second-order valence-electron chi connectivity index (χ2n) is 6.44. The van der Waals surface area contributed by atoms with Crippen molar-refractivity contribution >= 4 is 17.3 Å². The van der Waals surface area contributed by atoms with Crippen LogP contribution in [0.5, 0.6) is 0 Å². The first-order valence-electron chi connectivity index (χ1n) is 8.29. The van der Waals surface area contributed by atoms with E-state index in [4.69, 9.17) is 0 Å². The van der Waals surface area contributed by atoms with Crippen LogP contribution in [0, 0.1) is 0 Å². The Morgan fingerprint density at radius 3 is 2.52 bits per heavy atom. The van der Waals surface area contributed by atoms with Crippen LogP contribution in [0.25, 0.3) is 0 Å². The summed E-state index contributed by atoms with van der Waals surface area (Å²) in [7, 11) is 3.42. The zero-order valence-corrected chi connectivity index (χ0v) is 14.7. The number of fused-ring (bicyclic) bond motifs is 1. The lowest BCUT2D eigenvalue weighted by Crippen LogP contribution is -2.44. The predicted octanol–water partition coefficient (Wildman–Crippen LogP) is 0.809. The molecular formula is C18H22N4O3. The number of carbonyl (C=O) groups is 1. The summed E-state index contributed by atoms with van der Waals surface area (Å²) in [6, 6.07) is 9.08. The fraction of sp³-hybridized carbons (Fsp3) is 0.389. The van der Waals surface area contributed by atoms with Crippen LogP contribution in [0.3, 0.4) is 0 Å². The van der Waals surface area contributed by atoms with Gasteiger partial charge in [-0.05, 0) is 25.5 Å². The van der Waals surface area contributed by atoms with Crippen LogP contribution in [-0.2, 0) is 18.4 Å². The normalized spacial score (nSPS) is 17.2. The number of hydrogen-bond acceptors (Lipinski definition) is 4. The number of aromatic nitrogens is 2. The molecule has 7 heteroatoms. The quantitative estimate of drug-likeness (QED) is 0.810. The van der Waals surface area contributed by atoms with Gasteiger partial charge in [-0.25, -0.2) is 4.79 Å². The van der Waals surface area contributed by atoms with Gasteiger partial charge in [0.05, 0.1) is 11.4 Å². The minimum Gasteiger partial charge on any atom is -0.373 e. The molecule has 0 aliphatic carbocycles. The van der Waals surface area contributed by atoms with Gasteiger partial charge in [-0.15, -0.1) is 0 Å². The largest absolute Gasteiger partial charge is 0.373 e. The van der Waals surface area contributed by atoms with Crippen molar-refractivity contribution in [1.82, 2.24) is 9.13 Å². The monoisotopic (exact) mass is 342 g/mol. The van der Waals surface area contributed by atoms with E-state index in [0.717, 1.165) is 28.9 Å². The van der Waals surface area contributed by atoms with E-state index in [2.05, 4.69) is 4.90 Å². The van der Waals surface area contributed by atoms with Gasteiger partial charge in [0, 0.05) is 38.9 Å². The van der Waals surface area contributed by atoms with Crippen molar-refractivity contribution in [3.8, 4) is 0 Å². The molecule has 0 radical (unpaired) electrons. The fourth-order valence-electron chi connectivity index (χ4n) is 3.20. The molecule has 1 amide bonds. The summed E-state index contributed by atoms with van der Waals surface area (Å²) in [5.74, 6) is -0.170. The Morgan fingerprint density at radius 2 is 1.80 bits per heavy atom. The van der Waals surface area contributed by atoms with E-state index < -0.39 is 5.69 Å². The summed E-state index contributed by atoms with van der Waals surface area (Å²) in [5.41, 5.74) is 0.961. The van der Waals surface area contributed by atoms with Crippen molar-refractivity contribution in [1.29, 1.82) is 0 Å². The summed E-state index contributed by atoms with van der Waals surface area (Å²) in [6.07, 6.45) is 2.21. The Morgan fingerprint density at radius 1 is 1.12 bits per heavy atom. The Labute approximate surface area is 145 Å². The van der Waals surface area contributed by atoms with Crippen molar-refractivity contribution in [2.45, 2.75) is 25.9 Å². The molecule has 3 rings (SSSR count). The van der Waals surface area contributed by atoms with Crippen LogP contribution in [0.4, 0.5) is 11.4 Å². The van der Waals surface area contributed by atoms with Crippen LogP contribution < -0.4 is 21.0 Å². The number of hydrogen-bond donors (Lipinski definition) is 0. The van der Waals surface area contributed by atoms with Crippen molar-refractivity contribution in [3.05, 3.63) is 57.4 Å². The number of rotatable bonds is 2. The standard InChI is InChI=1S/C18H22N4O3/c1-13-8-10-19(2)14-6-4-5-7-15(14)22(13)17(24)12-21-11-9-16(23)20(3)18(21)25/h4-7,9,11,13H,8,10,12H2,1-3H3/t13-/m1/s1. The highest BCUT2D eigenvalue weighted by atomic mass is 16.2. The number of carbonyl (C=O) groups excluding carboxylic acids is 1. The number of anilines is 2. The third-order valence-corrected chi connectivity index (χ3v) is 4.71. The maximum Gasteiger partial charge on any atom is 0.331 e. The van der Waals surface area contributed by atoms with Crippen molar-refractivity contribution < 1.29 is 4.79 Å². The van der Waals surface area contributed by atoms with E-state index in [1.165, 1.54) is 23.9 Å². The molecule has 1 atom stereocenters. The topological polar surface area (TPSA) is 67.5 Å². The summed E-state index contributed by atoms with van der Waals surface area (Å²) in [4.78, 5) is 40.6. The highest BCUT2D eigenvalue weighted by Crippen LogP contribution is 2.33. The van der Waals surface area contributed by atoms with Gasteiger partial charge in [-0.3, -0.25) is 18.7 Å². The SMILES string of the molecule is C[C@@H]1CCN(C)c2ccccc2N1C(=O)Cn1ccc(=O)n(C)c1=O. The van der Waals surface area contributed by atoms with E-state index in [0.29, 0.717) is 0 Å². The summed E-state index contributed by atoms with van der Waals surface area (Å²) in [6.45, 7) is 2.76.